The Labute approximate surface area is 137 Å². The van der Waals surface area contributed by atoms with Crippen LogP contribution in [0.1, 0.15) is 21.8 Å². The van der Waals surface area contributed by atoms with Gasteiger partial charge in [-0.05, 0) is 23.6 Å². The molecule has 0 spiro atoms. The van der Waals surface area contributed by atoms with Crippen molar-refractivity contribution in [2.45, 2.75) is 19.1 Å². The Morgan fingerprint density at radius 3 is 2.96 bits per heavy atom. The number of hydrogen-bond acceptors (Lipinski definition) is 4. The third kappa shape index (κ3) is 3.80. The molecule has 3 heterocycles. The molecule has 1 aliphatic rings. The smallest absolute Gasteiger partial charge is 0.306 e. The number of aromatic nitrogens is 1. The first-order valence-corrected chi connectivity index (χ1v) is 8.31. The molecule has 0 saturated carbocycles. The molecule has 23 heavy (non-hydrogen) atoms. The monoisotopic (exact) mass is 334 g/mol. The van der Waals surface area contributed by atoms with E-state index in [9.17, 15) is 9.59 Å². The highest BCUT2D eigenvalue weighted by molar-refractivity contribution is 7.09. The first-order chi connectivity index (χ1) is 11.1. The number of nitrogens with zero attached hydrogens (tertiary/aromatic N) is 2. The highest BCUT2D eigenvalue weighted by atomic mass is 32.1. The number of morpholine rings is 1. The van der Waals surface area contributed by atoms with Gasteiger partial charge in [0.05, 0.1) is 25.7 Å². The number of rotatable bonds is 5. The van der Waals surface area contributed by atoms with Crippen LogP contribution < -0.4 is 0 Å². The Bertz CT molecular complexity index is 680. The Kier molecular flexibility index (Phi) is 4.78. The molecule has 1 atom stereocenters. The summed E-state index contributed by atoms with van der Waals surface area (Å²) in [5.74, 6) is -0.990. The van der Waals surface area contributed by atoms with Crippen molar-refractivity contribution in [2.24, 2.45) is 0 Å². The minimum Gasteiger partial charge on any atom is -0.481 e. The standard InChI is InChI=1S/C16H18N2O4S/c19-15(20)9-12-10-18(6-7-22-12)16(21)14-4-1-5-17(14)11-13-3-2-8-23-13/h1-5,8,12H,6-7,9-11H2,(H,19,20)/t12-/m1/s1. The number of carbonyl (C=O) groups excluding carboxylic acids is 1. The molecule has 1 amide bonds. The van der Waals surface area contributed by atoms with Gasteiger partial charge < -0.3 is 19.3 Å². The van der Waals surface area contributed by atoms with Crippen LogP contribution in [0, 0.1) is 0 Å². The summed E-state index contributed by atoms with van der Waals surface area (Å²) >= 11 is 1.65. The molecule has 6 nitrogen and oxygen atoms in total. The SMILES string of the molecule is O=C(O)C[C@@H]1CN(C(=O)c2cccn2Cc2cccs2)CCO1. The van der Waals surface area contributed by atoms with Gasteiger partial charge in [-0.2, -0.15) is 0 Å². The van der Waals surface area contributed by atoms with E-state index >= 15 is 0 Å². The lowest BCUT2D eigenvalue weighted by Gasteiger charge is -2.32. The maximum atomic E-state index is 12.7. The molecular weight excluding hydrogens is 316 g/mol. The summed E-state index contributed by atoms with van der Waals surface area (Å²) in [6, 6.07) is 7.69. The van der Waals surface area contributed by atoms with E-state index in [1.54, 1.807) is 22.3 Å². The molecule has 0 bridgehead atoms. The third-order valence-corrected chi connectivity index (χ3v) is 4.64. The van der Waals surface area contributed by atoms with Gasteiger partial charge in [-0.15, -0.1) is 11.3 Å². The molecule has 0 unspecified atom stereocenters. The van der Waals surface area contributed by atoms with Crippen molar-refractivity contribution < 1.29 is 19.4 Å². The summed E-state index contributed by atoms with van der Waals surface area (Å²) in [5, 5.41) is 10.9. The summed E-state index contributed by atoms with van der Waals surface area (Å²) in [5.41, 5.74) is 0.620. The number of ether oxygens (including phenoxy) is 1. The fraction of sp³-hybridized carbons (Fsp3) is 0.375. The van der Waals surface area contributed by atoms with E-state index in [-0.39, 0.29) is 12.3 Å². The van der Waals surface area contributed by atoms with Crippen molar-refractivity contribution in [3.05, 3.63) is 46.4 Å². The summed E-state index contributed by atoms with van der Waals surface area (Å²) in [6.07, 6.45) is 1.37. The van der Waals surface area contributed by atoms with E-state index in [1.165, 1.54) is 4.88 Å². The van der Waals surface area contributed by atoms with Crippen LogP contribution in [0.5, 0.6) is 0 Å². The van der Waals surface area contributed by atoms with Crippen LogP contribution in [-0.4, -0.2) is 52.3 Å². The fourth-order valence-electron chi connectivity index (χ4n) is 2.70. The summed E-state index contributed by atoms with van der Waals surface area (Å²) in [4.78, 5) is 26.4. The van der Waals surface area contributed by atoms with E-state index in [0.29, 0.717) is 31.9 Å². The fourth-order valence-corrected chi connectivity index (χ4v) is 3.40. The second kappa shape index (κ2) is 6.97. The van der Waals surface area contributed by atoms with Crippen molar-refractivity contribution >= 4 is 23.2 Å². The molecule has 0 aliphatic carbocycles. The number of carboxylic acids is 1. The molecule has 0 aromatic carbocycles. The van der Waals surface area contributed by atoms with Crippen molar-refractivity contribution in [3.63, 3.8) is 0 Å². The normalized spacial score (nSPS) is 18.1. The van der Waals surface area contributed by atoms with Gasteiger partial charge >= 0.3 is 5.97 Å². The van der Waals surface area contributed by atoms with Crippen molar-refractivity contribution in [1.29, 1.82) is 0 Å². The molecule has 0 radical (unpaired) electrons. The summed E-state index contributed by atoms with van der Waals surface area (Å²) in [6.45, 7) is 1.83. The molecule has 1 fully saturated rings. The minimum absolute atomic E-state index is 0.0785. The van der Waals surface area contributed by atoms with E-state index in [2.05, 4.69) is 0 Å². The van der Waals surface area contributed by atoms with E-state index in [4.69, 9.17) is 9.84 Å². The third-order valence-electron chi connectivity index (χ3n) is 3.78. The van der Waals surface area contributed by atoms with Gasteiger partial charge in [-0.25, -0.2) is 0 Å². The van der Waals surface area contributed by atoms with Gasteiger partial charge in [-0.3, -0.25) is 9.59 Å². The van der Waals surface area contributed by atoms with Crippen molar-refractivity contribution in [1.82, 2.24) is 9.47 Å². The van der Waals surface area contributed by atoms with Gasteiger partial charge in [-0.1, -0.05) is 6.07 Å². The molecule has 122 valence electrons. The van der Waals surface area contributed by atoms with E-state index in [1.807, 2.05) is 34.3 Å². The molecule has 1 saturated heterocycles. The van der Waals surface area contributed by atoms with E-state index < -0.39 is 12.1 Å². The molecule has 1 aliphatic heterocycles. The quantitative estimate of drug-likeness (QED) is 0.907. The summed E-state index contributed by atoms with van der Waals surface area (Å²) < 4.78 is 7.35. The van der Waals surface area contributed by atoms with Crippen LogP contribution in [0.25, 0.3) is 0 Å². The van der Waals surface area contributed by atoms with Gasteiger partial charge in [0, 0.05) is 24.2 Å². The first-order valence-electron chi connectivity index (χ1n) is 7.43. The zero-order valence-corrected chi connectivity index (χ0v) is 13.4. The van der Waals surface area contributed by atoms with Crippen LogP contribution in [0.3, 0.4) is 0 Å². The second-order valence-electron chi connectivity index (χ2n) is 5.44. The van der Waals surface area contributed by atoms with Gasteiger partial charge in [0.1, 0.15) is 5.69 Å². The van der Waals surface area contributed by atoms with Crippen molar-refractivity contribution in [2.75, 3.05) is 19.7 Å². The van der Waals surface area contributed by atoms with Crippen LogP contribution in [0.4, 0.5) is 0 Å². The molecule has 2 aromatic rings. The molecule has 7 heteroatoms. The topological polar surface area (TPSA) is 71.8 Å². The maximum Gasteiger partial charge on any atom is 0.306 e. The lowest BCUT2D eigenvalue weighted by Crippen LogP contribution is -2.46. The highest BCUT2D eigenvalue weighted by Gasteiger charge is 2.27. The number of amides is 1. The Morgan fingerprint density at radius 2 is 2.22 bits per heavy atom. The molecule has 1 N–H and O–H groups in total. The minimum atomic E-state index is -0.912. The number of carbonyl (C=O) groups is 2. The largest absolute Gasteiger partial charge is 0.481 e. The summed E-state index contributed by atoms with van der Waals surface area (Å²) in [7, 11) is 0. The lowest BCUT2D eigenvalue weighted by molar-refractivity contribution is -0.141. The average molecular weight is 334 g/mol. The number of thiophene rings is 1. The average Bonchev–Trinajstić information content (AvgIpc) is 3.18. The van der Waals surface area contributed by atoms with Crippen LogP contribution in [-0.2, 0) is 16.1 Å². The zero-order valence-electron chi connectivity index (χ0n) is 12.6. The Hall–Kier alpha value is -2.12. The van der Waals surface area contributed by atoms with E-state index in [0.717, 1.165) is 0 Å². The number of hydrogen-bond donors (Lipinski definition) is 1. The number of aliphatic carboxylic acids is 1. The van der Waals surface area contributed by atoms with Gasteiger partial charge in [0.15, 0.2) is 0 Å². The maximum absolute atomic E-state index is 12.7. The molecule has 3 rings (SSSR count). The number of carboxylic acid groups (broad SMARTS) is 1. The Balaban J connectivity index is 1.70. The first kappa shape index (κ1) is 15.8. The molecule has 2 aromatic heterocycles. The van der Waals surface area contributed by atoms with Gasteiger partial charge in [0.2, 0.25) is 0 Å². The van der Waals surface area contributed by atoms with Crippen LogP contribution in [0.2, 0.25) is 0 Å². The lowest BCUT2D eigenvalue weighted by atomic mass is 10.2. The molecular formula is C16H18N2O4S. The second-order valence-corrected chi connectivity index (χ2v) is 6.47. The van der Waals surface area contributed by atoms with Crippen molar-refractivity contribution in [3.8, 4) is 0 Å². The van der Waals surface area contributed by atoms with Gasteiger partial charge in [0.25, 0.3) is 5.91 Å². The van der Waals surface area contributed by atoms with Crippen LogP contribution >= 0.6 is 11.3 Å². The Morgan fingerprint density at radius 1 is 1.35 bits per heavy atom. The zero-order chi connectivity index (χ0) is 16.2. The van der Waals surface area contributed by atoms with Crippen LogP contribution in [0.15, 0.2) is 35.8 Å². The highest BCUT2D eigenvalue weighted by Crippen LogP contribution is 2.16. The predicted octanol–water partition coefficient (Wildman–Crippen LogP) is 1.91. The predicted molar refractivity (Wildman–Crippen MR) is 85.7 cm³/mol.